The van der Waals surface area contributed by atoms with Crippen molar-refractivity contribution in [3.8, 4) is 0 Å². The third-order valence-corrected chi connectivity index (χ3v) is 4.46. The molecule has 2 rings (SSSR count). The smallest absolute Gasteiger partial charge is 0.237 e. The van der Waals surface area contributed by atoms with E-state index in [0.717, 1.165) is 18.2 Å². The molecule has 1 aromatic carbocycles. The van der Waals surface area contributed by atoms with Gasteiger partial charge in [0.1, 0.15) is 17.2 Å². The number of sulfone groups is 1. The van der Waals surface area contributed by atoms with Crippen LogP contribution in [0.15, 0.2) is 23.4 Å². The average Bonchev–Trinajstić information content (AvgIpc) is 2.70. The first-order chi connectivity index (χ1) is 9.15. The predicted octanol–water partition coefficient (Wildman–Crippen LogP) is 2.38. The Labute approximate surface area is 120 Å². The van der Waals surface area contributed by atoms with E-state index >= 15 is 0 Å². The molecule has 9 heteroatoms. The van der Waals surface area contributed by atoms with E-state index in [4.69, 9.17) is 4.84 Å². The van der Waals surface area contributed by atoms with E-state index in [1.165, 1.54) is 0 Å². The molecule has 21 heavy (non-hydrogen) atoms. The summed E-state index contributed by atoms with van der Waals surface area (Å²) in [5.41, 5.74) is -4.89. The number of hydrogen-bond acceptors (Lipinski definition) is 4. The fourth-order valence-corrected chi connectivity index (χ4v) is 3.22. The molecule has 0 aromatic heterocycles. The molecular formula is C12H12F3N2O3S. The normalized spacial score (nSPS) is 18.4. The Morgan fingerprint density at radius 3 is 2.24 bits per heavy atom. The molecular weight excluding hydrogens is 309 g/mol. The van der Waals surface area contributed by atoms with Gasteiger partial charge in [0.05, 0.1) is 5.56 Å². The van der Waals surface area contributed by atoms with Crippen LogP contribution in [-0.2, 0) is 14.7 Å². The largest absolute Gasteiger partial charge is 0.389 e. The summed E-state index contributed by atoms with van der Waals surface area (Å²) in [6.07, 6.45) is -0.161. The van der Waals surface area contributed by atoms with Gasteiger partial charge in [0.15, 0.2) is 5.04 Å². The average molecular weight is 321 g/mol. The van der Waals surface area contributed by atoms with Gasteiger partial charge in [0.25, 0.3) is 0 Å². The highest BCUT2D eigenvalue weighted by Crippen LogP contribution is 2.34. The van der Waals surface area contributed by atoms with Crippen LogP contribution in [0.25, 0.3) is 0 Å². The van der Waals surface area contributed by atoms with Crippen LogP contribution in [0.2, 0.25) is 0 Å². The lowest BCUT2D eigenvalue weighted by atomic mass is 10.1. The summed E-state index contributed by atoms with van der Waals surface area (Å²) in [4.78, 5) is 4.84. The number of oxime groups is 1. The van der Waals surface area contributed by atoms with Crippen molar-refractivity contribution in [3.05, 3.63) is 35.4 Å². The summed E-state index contributed by atoms with van der Waals surface area (Å²) in [5, 5.41) is 2.75. The summed E-state index contributed by atoms with van der Waals surface area (Å²) >= 11 is 0. The lowest BCUT2D eigenvalue weighted by Crippen LogP contribution is -2.25. The number of alkyl halides is 1. The zero-order valence-electron chi connectivity index (χ0n) is 11.2. The van der Waals surface area contributed by atoms with Crippen LogP contribution in [0.3, 0.4) is 0 Å². The summed E-state index contributed by atoms with van der Waals surface area (Å²) in [6.45, 7) is 3.13. The number of benzene rings is 1. The molecule has 0 amide bonds. The molecule has 115 valence electrons. The van der Waals surface area contributed by atoms with Crippen LogP contribution < -0.4 is 6.15 Å². The van der Waals surface area contributed by atoms with Gasteiger partial charge in [-0.3, -0.25) is 0 Å². The Bertz CT molecular complexity index is 654. The second-order valence-corrected chi connectivity index (χ2v) is 6.98. The minimum atomic E-state index is -4.63. The first-order valence-electron chi connectivity index (χ1n) is 5.72. The molecule has 0 aliphatic carbocycles. The SMILES string of the molecule is CC1(C)CC(S(=O)(=O)C(F)c2c(F)cccc2F)=NO1.[N]. The third-order valence-electron chi connectivity index (χ3n) is 2.80. The molecule has 0 bridgehead atoms. The topological polar surface area (TPSA) is 86.2 Å². The summed E-state index contributed by atoms with van der Waals surface area (Å²) < 4.78 is 65.1. The second-order valence-electron chi connectivity index (χ2n) is 5.01. The quantitative estimate of drug-likeness (QED) is 0.838. The maximum atomic E-state index is 14.1. The second kappa shape index (κ2) is 5.64. The van der Waals surface area contributed by atoms with Crippen LogP contribution in [0.4, 0.5) is 13.2 Å². The van der Waals surface area contributed by atoms with Crippen molar-refractivity contribution in [3.63, 3.8) is 0 Å². The fourth-order valence-electron chi connectivity index (χ4n) is 1.76. The van der Waals surface area contributed by atoms with E-state index in [1.807, 2.05) is 0 Å². The molecule has 0 N–H and O–H groups in total. The van der Waals surface area contributed by atoms with Crippen molar-refractivity contribution >= 4 is 14.9 Å². The van der Waals surface area contributed by atoms with Gasteiger partial charge in [-0.15, -0.1) is 0 Å². The van der Waals surface area contributed by atoms with Crippen LogP contribution >= 0.6 is 0 Å². The summed E-state index contributed by atoms with van der Waals surface area (Å²) in [5.74, 6) is -2.53. The molecule has 1 aliphatic heterocycles. The number of nitrogens with zero attached hydrogens (tertiary/aromatic N) is 2. The Morgan fingerprint density at radius 2 is 1.81 bits per heavy atom. The third kappa shape index (κ3) is 3.18. The van der Waals surface area contributed by atoms with E-state index in [2.05, 4.69) is 5.16 Å². The summed E-state index contributed by atoms with van der Waals surface area (Å²) in [6, 6.07) is 2.60. The molecule has 0 spiro atoms. The lowest BCUT2D eigenvalue weighted by Gasteiger charge is -2.14. The van der Waals surface area contributed by atoms with Gasteiger partial charge in [-0.25, -0.2) is 21.6 Å². The molecule has 1 aliphatic rings. The van der Waals surface area contributed by atoms with Crippen LogP contribution in [0.5, 0.6) is 0 Å². The first kappa shape index (κ1) is 17.4. The number of rotatable bonds is 2. The monoisotopic (exact) mass is 321 g/mol. The van der Waals surface area contributed by atoms with Crippen molar-refractivity contribution in [1.82, 2.24) is 6.15 Å². The maximum Gasteiger partial charge on any atom is 0.237 e. The van der Waals surface area contributed by atoms with Crippen molar-refractivity contribution in [2.24, 2.45) is 5.16 Å². The first-order valence-corrected chi connectivity index (χ1v) is 7.27. The van der Waals surface area contributed by atoms with Gasteiger partial charge in [0.2, 0.25) is 15.3 Å². The van der Waals surface area contributed by atoms with E-state index in [-0.39, 0.29) is 12.6 Å². The molecule has 5 nitrogen and oxygen atoms in total. The maximum absolute atomic E-state index is 14.1. The van der Waals surface area contributed by atoms with Gasteiger partial charge < -0.3 is 4.84 Å². The highest BCUT2D eigenvalue weighted by atomic mass is 32.2. The van der Waals surface area contributed by atoms with Gasteiger partial charge in [0, 0.05) is 12.6 Å². The fraction of sp³-hybridized carbons (Fsp3) is 0.417. The zero-order valence-corrected chi connectivity index (χ0v) is 12.0. The number of hydrogen-bond donors (Lipinski definition) is 0. The molecule has 1 unspecified atom stereocenters. The Hall–Kier alpha value is -1.61. The van der Waals surface area contributed by atoms with E-state index < -0.39 is 43.2 Å². The zero-order chi connectivity index (χ0) is 15.1. The van der Waals surface area contributed by atoms with Gasteiger partial charge in [-0.1, -0.05) is 11.2 Å². The number of halogens is 3. The molecule has 0 fully saturated rings. The minimum Gasteiger partial charge on any atom is -0.389 e. The predicted molar refractivity (Wildman–Crippen MR) is 68.5 cm³/mol. The lowest BCUT2D eigenvalue weighted by molar-refractivity contribution is 0.0123. The van der Waals surface area contributed by atoms with Crippen LogP contribution in [0, 0.1) is 11.6 Å². The molecule has 0 saturated carbocycles. The highest BCUT2D eigenvalue weighted by molar-refractivity contribution is 8.06. The van der Waals surface area contributed by atoms with Gasteiger partial charge in [-0.2, -0.15) is 0 Å². The molecule has 1 heterocycles. The Balaban J connectivity index is 0.00000220. The van der Waals surface area contributed by atoms with Crippen LogP contribution in [-0.4, -0.2) is 19.1 Å². The van der Waals surface area contributed by atoms with Crippen molar-refractivity contribution in [2.45, 2.75) is 31.4 Å². The Morgan fingerprint density at radius 1 is 1.29 bits per heavy atom. The molecule has 1 atom stereocenters. The van der Waals surface area contributed by atoms with Crippen LogP contribution in [0.1, 0.15) is 31.3 Å². The standard InChI is InChI=1S/C12H12F3NO3S.N/c1-12(2)6-9(16-19-12)20(17,18)11(15)10-7(13)4-3-5-8(10)14;/h3-5,11H,6H2,1-2H3;. The molecule has 3 radical (unpaired) electrons. The van der Waals surface area contributed by atoms with Crippen molar-refractivity contribution in [1.29, 1.82) is 0 Å². The molecule has 0 saturated heterocycles. The Kier molecular flexibility index (Phi) is 4.69. The highest BCUT2D eigenvalue weighted by Gasteiger charge is 2.42. The van der Waals surface area contributed by atoms with Crippen molar-refractivity contribution in [2.75, 3.05) is 0 Å². The van der Waals surface area contributed by atoms with Gasteiger partial charge in [-0.05, 0) is 26.0 Å². The van der Waals surface area contributed by atoms with Crippen molar-refractivity contribution < 1.29 is 26.4 Å². The minimum absolute atomic E-state index is 0. The van der Waals surface area contributed by atoms with E-state index in [1.54, 1.807) is 13.8 Å². The van der Waals surface area contributed by atoms with Gasteiger partial charge >= 0.3 is 0 Å². The van der Waals surface area contributed by atoms with E-state index in [9.17, 15) is 21.6 Å². The summed E-state index contributed by atoms with van der Waals surface area (Å²) in [7, 11) is -4.63. The molecule has 1 aromatic rings. The van der Waals surface area contributed by atoms with E-state index in [0.29, 0.717) is 0 Å².